The molecule has 5 nitrogen and oxygen atoms in total. The van der Waals surface area contributed by atoms with Crippen molar-refractivity contribution in [2.24, 2.45) is 0 Å². The van der Waals surface area contributed by atoms with E-state index in [-0.39, 0.29) is 16.7 Å². The zero-order valence-electron chi connectivity index (χ0n) is 13.5. The van der Waals surface area contributed by atoms with Crippen molar-refractivity contribution in [2.75, 3.05) is 5.32 Å². The highest BCUT2D eigenvalue weighted by Gasteiger charge is 2.26. The zero-order valence-corrected chi connectivity index (χ0v) is 15.9. The molecule has 2 heterocycles. The molecule has 1 aliphatic heterocycles. The van der Waals surface area contributed by atoms with Crippen molar-refractivity contribution in [2.45, 2.75) is 6.54 Å². The minimum absolute atomic E-state index is 0.0793. The third kappa shape index (κ3) is 3.24. The molecule has 0 bridgehead atoms. The van der Waals surface area contributed by atoms with Gasteiger partial charge in [0.2, 0.25) is 0 Å². The van der Waals surface area contributed by atoms with Crippen molar-refractivity contribution in [1.29, 1.82) is 0 Å². The van der Waals surface area contributed by atoms with Gasteiger partial charge in [-0.25, -0.2) is 13.8 Å². The number of thiazole rings is 1. The predicted octanol–water partition coefficient (Wildman–Crippen LogP) is 4.35. The van der Waals surface area contributed by atoms with Crippen molar-refractivity contribution in [1.82, 2.24) is 10.3 Å². The van der Waals surface area contributed by atoms with Gasteiger partial charge in [0.15, 0.2) is 5.13 Å². The lowest BCUT2D eigenvalue weighted by molar-refractivity contribution is 0.0946. The van der Waals surface area contributed by atoms with Crippen molar-refractivity contribution in [3.63, 3.8) is 0 Å². The number of amides is 2. The molecule has 4 rings (SSSR count). The molecule has 0 fully saturated rings. The highest BCUT2D eigenvalue weighted by atomic mass is 79.9. The van der Waals surface area contributed by atoms with Gasteiger partial charge in [0.25, 0.3) is 11.8 Å². The number of hydrogen-bond donors (Lipinski definition) is 2. The maximum atomic E-state index is 13.8. The van der Waals surface area contributed by atoms with Crippen LogP contribution < -0.4 is 10.6 Å². The summed E-state index contributed by atoms with van der Waals surface area (Å²) >= 11 is 4.47. The molecule has 1 aliphatic rings. The van der Waals surface area contributed by atoms with Crippen LogP contribution in [0.2, 0.25) is 0 Å². The topological polar surface area (TPSA) is 71.1 Å². The summed E-state index contributed by atoms with van der Waals surface area (Å²) < 4.78 is 28.4. The summed E-state index contributed by atoms with van der Waals surface area (Å²) in [6.45, 7) is 0.354. The van der Waals surface area contributed by atoms with E-state index < -0.39 is 23.1 Å². The predicted molar refractivity (Wildman–Crippen MR) is 101 cm³/mol. The fraction of sp³-hybridized carbons (Fsp3) is 0.0556. The third-order valence-electron chi connectivity index (χ3n) is 4.01. The van der Waals surface area contributed by atoms with Gasteiger partial charge in [-0.2, -0.15) is 0 Å². The number of fused-ring (bicyclic) bond motifs is 3. The lowest BCUT2D eigenvalue weighted by atomic mass is 10.1. The molecule has 0 atom stereocenters. The van der Waals surface area contributed by atoms with Gasteiger partial charge in [-0.15, -0.1) is 0 Å². The van der Waals surface area contributed by atoms with E-state index in [9.17, 15) is 18.4 Å². The van der Waals surface area contributed by atoms with Crippen LogP contribution in [-0.4, -0.2) is 16.8 Å². The van der Waals surface area contributed by atoms with Crippen LogP contribution in [0, 0.1) is 11.6 Å². The van der Waals surface area contributed by atoms with Gasteiger partial charge in [-0.3, -0.25) is 14.9 Å². The van der Waals surface area contributed by atoms with Crippen LogP contribution in [0.25, 0.3) is 10.4 Å². The molecule has 9 heteroatoms. The van der Waals surface area contributed by atoms with Gasteiger partial charge < -0.3 is 5.32 Å². The number of benzene rings is 2. The summed E-state index contributed by atoms with van der Waals surface area (Å²) in [5, 5.41) is 5.21. The highest BCUT2D eigenvalue weighted by molar-refractivity contribution is 9.10. The lowest BCUT2D eigenvalue weighted by Gasteiger charge is -2.06. The Morgan fingerprint density at radius 3 is 2.70 bits per heavy atom. The van der Waals surface area contributed by atoms with Gasteiger partial charge in [0.05, 0.1) is 4.88 Å². The van der Waals surface area contributed by atoms with Crippen LogP contribution in [0.3, 0.4) is 0 Å². The number of aromatic nitrogens is 1. The molecular weight excluding hydrogens is 440 g/mol. The first-order valence-electron chi connectivity index (χ1n) is 7.77. The molecule has 1 aromatic heterocycles. The summed E-state index contributed by atoms with van der Waals surface area (Å²) in [5.41, 5.74) is 1.15. The number of hydrogen-bond acceptors (Lipinski definition) is 4. The summed E-state index contributed by atoms with van der Waals surface area (Å²) in [6, 6.07) is 8.76. The number of rotatable bonds is 2. The number of carbonyl (C=O) groups is 2. The van der Waals surface area contributed by atoms with Crippen molar-refractivity contribution in [3.05, 3.63) is 69.3 Å². The fourth-order valence-electron chi connectivity index (χ4n) is 2.76. The van der Waals surface area contributed by atoms with E-state index in [1.54, 1.807) is 0 Å². The lowest BCUT2D eigenvalue weighted by Crippen LogP contribution is -2.22. The molecule has 2 aromatic carbocycles. The van der Waals surface area contributed by atoms with Gasteiger partial charge in [0.1, 0.15) is 22.9 Å². The molecule has 0 aliphatic carbocycles. The zero-order chi connectivity index (χ0) is 19.1. The van der Waals surface area contributed by atoms with Gasteiger partial charge in [-0.1, -0.05) is 39.4 Å². The monoisotopic (exact) mass is 449 g/mol. The number of carbonyl (C=O) groups excluding carboxylic acids is 2. The van der Waals surface area contributed by atoms with E-state index in [4.69, 9.17) is 0 Å². The summed E-state index contributed by atoms with van der Waals surface area (Å²) in [7, 11) is 0. The average molecular weight is 450 g/mol. The average Bonchev–Trinajstić information content (AvgIpc) is 2.99. The maximum Gasteiger partial charge on any atom is 0.271 e. The first-order valence-corrected chi connectivity index (χ1v) is 9.38. The maximum absolute atomic E-state index is 13.8. The standard InChI is InChI=1S/C18H10BrF2N3O2S/c19-9-5-4-8-7-22-17(26)14-15(10(8)6-9)27-18(23-14)24-16(25)13-11(20)2-1-3-12(13)21/h1-6H,7H2,(H,22,26)(H,23,24,25). The largest absolute Gasteiger partial charge is 0.347 e. The summed E-state index contributed by atoms with van der Waals surface area (Å²) in [6.07, 6.45) is 0. The Labute approximate surface area is 164 Å². The molecule has 0 radical (unpaired) electrons. The Hall–Kier alpha value is -2.65. The molecule has 0 unspecified atom stereocenters. The van der Waals surface area contributed by atoms with Crippen molar-refractivity contribution >= 4 is 44.2 Å². The van der Waals surface area contributed by atoms with Gasteiger partial charge >= 0.3 is 0 Å². The highest BCUT2D eigenvalue weighted by Crippen LogP contribution is 2.38. The minimum atomic E-state index is -0.974. The second kappa shape index (κ2) is 6.82. The molecule has 136 valence electrons. The normalized spacial score (nSPS) is 12.6. The van der Waals surface area contributed by atoms with Crippen LogP contribution in [0.15, 0.2) is 40.9 Å². The van der Waals surface area contributed by atoms with Gasteiger partial charge in [-0.05, 0) is 29.8 Å². The Morgan fingerprint density at radius 2 is 1.96 bits per heavy atom. The molecule has 0 saturated carbocycles. The van der Waals surface area contributed by atoms with Gasteiger partial charge in [0, 0.05) is 16.6 Å². The van der Waals surface area contributed by atoms with E-state index in [2.05, 4.69) is 31.5 Å². The van der Waals surface area contributed by atoms with Crippen molar-refractivity contribution < 1.29 is 18.4 Å². The number of anilines is 1. The molecule has 2 N–H and O–H groups in total. The van der Waals surface area contributed by atoms with Crippen LogP contribution in [0.4, 0.5) is 13.9 Å². The Bertz CT molecular complexity index is 1080. The second-order valence-corrected chi connectivity index (χ2v) is 7.65. The first-order chi connectivity index (χ1) is 12.9. The number of nitrogens with zero attached hydrogens (tertiary/aromatic N) is 1. The summed E-state index contributed by atoms with van der Waals surface area (Å²) in [4.78, 5) is 29.3. The first kappa shape index (κ1) is 17.7. The molecule has 27 heavy (non-hydrogen) atoms. The smallest absolute Gasteiger partial charge is 0.271 e. The quantitative estimate of drug-likeness (QED) is 0.610. The van der Waals surface area contributed by atoms with E-state index in [0.717, 1.165) is 39.1 Å². The van der Waals surface area contributed by atoms with Crippen molar-refractivity contribution in [3.8, 4) is 10.4 Å². The van der Waals surface area contributed by atoms with E-state index in [0.29, 0.717) is 11.4 Å². The van der Waals surface area contributed by atoms with Crippen LogP contribution >= 0.6 is 27.3 Å². The van der Waals surface area contributed by atoms with Crippen LogP contribution in [0.1, 0.15) is 26.4 Å². The summed E-state index contributed by atoms with van der Waals surface area (Å²) in [5.74, 6) is -3.30. The Morgan fingerprint density at radius 1 is 1.22 bits per heavy atom. The third-order valence-corrected chi connectivity index (χ3v) is 5.51. The van der Waals surface area contributed by atoms with E-state index in [1.807, 2.05) is 18.2 Å². The number of halogens is 3. The molecule has 3 aromatic rings. The molecule has 0 spiro atoms. The second-order valence-electron chi connectivity index (χ2n) is 5.73. The van der Waals surface area contributed by atoms with E-state index >= 15 is 0 Å². The molecular formula is C18H10BrF2N3O2S. The number of nitrogens with one attached hydrogen (secondary N) is 2. The van der Waals surface area contributed by atoms with E-state index in [1.165, 1.54) is 6.07 Å². The Kier molecular flexibility index (Phi) is 4.48. The minimum Gasteiger partial charge on any atom is -0.347 e. The molecule has 0 saturated heterocycles. The molecule has 2 amide bonds. The fourth-order valence-corrected chi connectivity index (χ4v) is 4.13. The van der Waals surface area contributed by atoms with Crippen LogP contribution in [0.5, 0.6) is 0 Å². The Balaban J connectivity index is 1.74. The SMILES string of the molecule is O=C1NCc2ccc(Br)cc2-c2sc(NC(=O)c3c(F)cccc3F)nc21. The van der Waals surface area contributed by atoms with Crippen LogP contribution in [-0.2, 0) is 6.54 Å².